The van der Waals surface area contributed by atoms with E-state index in [4.69, 9.17) is 0 Å². The molecule has 0 N–H and O–H groups in total. The molecule has 0 rings (SSSR count). The normalized spacial score (nSPS) is 6.25. The monoisotopic (exact) mass is 75.0 g/mol. The highest BCUT2D eigenvalue weighted by Gasteiger charge is 1.43. The molecule has 0 spiro atoms. The highest BCUT2D eigenvalue weighted by molar-refractivity contribution is 7.16. The maximum atomic E-state index is 3.45. The maximum absolute atomic E-state index is 3.45. The summed E-state index contributed by atoms with van der Waals surface area (Å²) in [6, 6.07) is 0. The van der Waals surface area contributed by atoms with E-state index in [1.807, 2.05) is 0 Å². The minimum absolute atomic E-state index is 0.750. The molecule has 0 aliphatic rings. The molecule has 0 radical (unpaired) electrons. The van der Waals surface area contributed by atoms with Crippen LogP contribution >= 0.6 is 9.24 Å². The van der Waals surface area contributed by atoms with Crippen molar-refractivity contribution in [1.29, 1.82) is 0 Å². The number of hydrogen-bond acceptors (Lipinski definition) is 1. The van der Waals surface area contributed by atoms with Crippen molar-refractivity contribution >= 4 is 16.0 Å². The van der Waals surface area contributed by atoms with Crippen LogP contribution in [0.3, 0.4) is 0 Å². The highest BCUT2D eigenvalue weighted by Crippen LogP contribution is 1.73. The molecular formula is C2H6NP. The van der Waals surface area contributed by atoms with Gasteiger partial charge in [-0.15, -0.1) is 9.24 Å². The van der Waals surface area contributed by atoms with Crippen LogP contribution in [0, 0.1) is 0 Å². The number of nitrogens with zero attached hydrogens (tertiary/aromatic N) is 1. The summed E-state index contributed by atoms with van der Waals surface area (Å²) in [5, 5.41) is 0. The van der Waals surface area contributed by atoms with Gasteiger partial charge in [0.1, 0.15) is 0 Å². The van der Waals surface area contributed by atoms with Gasteiger partial charge >= 0.3 is 0 Å². The Balaban J connectivity index is 2.30. The lowest BCUT2D eigenvalue weighted by atomic mass is 11.4. The lowest BCUT2D eigenvalue weighted by Crippen LogP contribution is -1.46. The van der Waals surface area contributed by atoms with E-state index >= 15 is 0 Å². The largest absolute Gasteiger partial charge is 0.297 e. The van der Waals surface area contributed by atoms with Gasteiger partial charge in [0.05, 0.1) is 6.29 Å². The van der Waals surface area contributed by atoms with E-state index in [-0.39, 0.29) is 0 Å². The lowest BCUT2D eigenvalue weighted by molar-refractivity contribution is 1.42. The first-order chi connectivity index (χ1) is 1.91. The zero-order chi connectivity index (χ0) is 3.41. The molecule has 24 valence electrons. The SMILES string of the molecule is C=NCP. The maximum Gasteiger partial charge on any atom is 0.0520 e. The Morgan fingerprint density at radius 3 is 2.25 bits per heavy atom. The third-order valence-electron chi connectivity index (χ3n) is 0.129. The van der Waals surface area contributed by atoms with E-state index in [1.54, 1.807) is 0 Å². The van der Waals surface area contributed by atoms with Gasteiger partial charge < -0.3 is 0 Å². The van der Waals surface area contributed by atoms with Crippen molar-refractivity contribution in [2.45, 2.75) is 0 Å². The second-order valence-electron chi connectivity index (χ2n) is 0.406. The molecule has 0 bridgehead atoms. The summed E-state index contributed by atoms with van der Waals surface area (Å²) < 4.78 is 0. The van der Waals surface area contributed by atoms with Crippen LogP contribution in [0.1, 0.15) is 0 Å². The van der Waals surface area contributed by atoms with E-state index < -0.39 is 0 Å². The van der Waals surface area contributed by atoms with Crippen molar-refractivity contribution < 1.29 is 0 Å². The van der Waals surface area contributed by atoms with Gasteiger partial charge in [-0.3, -0.25) is 4.99 Å². The van der Waals surface area contributed by atoms with E-state index in [0.29, 0.717) is 0 Å². The lowest BCUT2D eigenvalue weighted by Gasteiger charge is -1.61. The van der Waals surface area contributed by atoms with E-state index in [0.717, 1.165) is 6.29 Å². The Morgan fingerprint density at radius 1 is 2.00 bits per heavy atom. The van der Waals surface area contributed by atoms with Crippen LogP contribution in [0.25, 0.3) is 0 Å². The summed E-state index contributed by atoms with van der Waals surface area (Å²) >= 11 is 0. The number of hydrogen-bond donors (Lipinski definition) is 0. The summed E-state index contributed by atoms with van der Waals surface area (Å²) in [6.07, 6.45) is 0.750. The summed E-state index contributed by atoms with van der Waals surface area (Å²) in [6.45, 7) is 3.21. The Labute approximate surface area is 28.3 Å². The average molecular weight is 75.1 g/mol. The van der Waals surface area contributed by atoms with Gasteiger partial charge in [0.15, 0.2) is 0 Å². The van der Waals surface area contributed by atoms with Gasteiger partial charge in [0, 0.05) is 0 Å². The van der Waals surface area contributed by atoms with Crippen LogP contribution in [0.4, 0.5) is 0 Å². The minimum atomic E-state index is 0.750. The second-order valence-corrected chi connectivity index (χ2v) is 0.771. The molecule has 2 heteroatoms. The van der Waals surface area contributed by atoms with Gasteiger partial charge in [-0.05, 0) is 6.72 Å². The molecule has 0 aliphatic carbocycles. The van der Waals surface area contributed by atoms with Crippen LogP contribution in [0.15, 0.2) is 4.99 Å². The molecular weight excluding hydrogens is 69.0 g/mol. The summed E-state index contributed by atoms with van der Waals surface area (Å²) in [5.41, 5.74) is 0. The molecule has 0 aliphatic heterocycles. The smallest absolute Gasteiger partial charge is 0.0520 e. The molecule has 0 fully saturated rings. The summed E-state index contributed by atoms with van der Waals surface area (Å²) in [5.74, 6) is 0. The number of rotatable bonds is 1. The van der Waals surface area contributed by atoms with E-state index in [9.17, 15) is 0 Å². The zero-order valence-electron chi connectivity index (χ0n) is 2.44. The molecule has 0 saturated heterocycles. The molecule has 0 heterocycles. The molecule has 1 nitrogen and oxygen atoms in total. The van der Waals surface area contributed by atoms with Crippen LogP contribution in [-0.4, -0.2) is 13.0 Å². The van der Waals surface area contributed by atoms with Gasteiger partial charge in [-0.2, -0.15) is 0 Å². The molecule has 0 amide bonds. The van der Waals surface area contributed by atoms with Crippen molar-refractivity contribution in [3.05, 3.63) is 0 Å². The Hall–Kier alpha value is 0.100. The third kappa shape index (κ3) is 2.10. The predicted octanol–water partition coefficient (Wildman–Crippen LogP) is 0.520. The number of aliphatic imine (C=N–C) groups is 1. The average Bonchev–Trinajstić information content (AvgIpc) is 1.37. The first-order valence-electron chi connectivity index (χ1n) is 1.04. The molecule has 4 heavy (non-hydrogen) atoms. The Kier molecular flexibility index (Phi) is 3.18. The first kappa shape index (κ1) is 4.10. The quantitative estimate of drug-likeness (QED) is 0.318. The molecule has 1 atom stereocenters. The molecule has 0 aromatic carbocycles. The molecule has 0 aromatic rings. The van der Waals surface area contributed by atoms with Crippen molar-refractivity contribution in [1.82, 2.24) is 0 Å². The van der Waals surface area contributed by atoms with Crippen LogP contribution in [-0.2, 0) is 0 Å². The third-order valence-corrected chi connectivity index (χ3v) is 0.387. The summed E-state index contributed by atoms with van der Waals surface area (Å²) in [7, 11) is 2.43. The molecule has 0 aromatic heterocycles. The second kappa shape index (κ2) is 3.10. The highest BCUT2D eigenvalue weighted by atomic mass is 31.0. The fourth-order valence-corrected chi connectivity index (χ4v) is 0. The fraction of sp³-hybridized carbons (Fsp3) is 0.500. The topological polar surface area (TPSA) is 12.4 Å². The van der Waals surface area contributed by atoms with E-state index in [2.05, 4.69) is 20.9 Å². The van der Waals surface area contributed by atoms with Crippen molar-refractivity contribution in [3.63, 3.8) is 0 Å². The van der Waals surface area contributed by atoms with Gasteiger partial charge in [-0.25, -0.2) is 0 Å². The van der Waals surface area contributed by atoms with Crippen LogP contribution < -0.4 is 0 Å². The molecule has 0 saturated carbocycles. The standard InChI is InChI=1S/C2H6NP/c1-3-2-4/h1-2,4H2. The molecule has 1 unspecified atom stereocenters. The van der Waals surface area contributed by atoms with Crippen molar-refractivity contribution in [2.75, 3.05) is 6.29 Å². The Bertz CT molecular complexity index is 20.0. The fourth-order valence-electron chi connectivity index (χ4n) is 0. The zero-order valence-corrected chi connectivity index (χ0v) is 3.59. The first-order valence-corrected chi connectivity index (χ1v) is 1.86. The van der Waals surface area contributed by atoms with Gasteiger partial charge in [0.2, 0.25) is 0 Å². The van der Waals surface area contributed by atoms with Crippen molar-refractivity contribution in [2.24, 2.45) is 4.99 Å². The van der Waals surface area contributed by atoms with Gasteiger partial charge in [-0.1, -0.05) is 0 Å². The van der Waals surface area contributed by atoms with Crippen LogP contribution in [0.5, 0.6) is 0 Å². The predicted molar refractivity (Wildman–Crippen MR) is 24.1 cm³/mol. The van der Waals surface area contributed by atoms with Crippen molar-refractivity contribution in [3.8, 4) is 0 Å². The van der Waals surface area contributed by atoms with E-state index in [1.165, 1.54) is 0 Å². The van der Waals surface area contributed by atoms with Gasteiger partial charge in [0.25, 0.3) is 0 Å². The Morgan fingerprint density at radius 2 is 2.25 bits per heavy atom. The van der Waals surface area contributed by atoms with Crippen LogP contribution in [0.2, 0.25) is 0 Å². The minimum Gasteiger partial charge on any atom is -0.297 e. The summed E-state index contributed by atoms with van der Waals surface area (Å²) in [4.78, 5) is 3.45.